The van der Waals surface area contributed by atoms with Crippen molar-refractivity contribution in [2.24, 2.45) is 7.05 Å². The van der Waals surface area contributed by atoms with Crippen molar-refractivity contribution in [1.29, 1.82) is 0 Å². The van der Waals surface area contributed by atoms with Gasteiger partial charge in [-0.25, -0.2) is 4.98 Å². The molecule has 0 bridgehead atoms. The van der Waals surface area contributed by atoms with Crippen molar-refractivity contribution in [2.75, 3.05) is 5.32 Å². The first kappa shape index (κ1) is 10.4. The van der Waals surface area contributed by atoms with E-state index >= 15 is 0 Å². The fraction of sp³-hybridized carbons (Fsp3) is 0.300. The number of nitrogens with zero attached hydrogens (tertiary/aromatic N) is 4. The minimum absolute atomic E-state index is 0.131. The Labute approximate surface area is 92.6 Å². The minimum Gasteiger partial charge on any atom is -0.333 e. The molecule has 0 saturated carbocycles. The normalized spacial score (nSPS) is 10.4. The van der Waals surface area contributed by atoms with Gasteiger partial charge in [-0.15, -0.1) is 0 Å². The number of hydrogen-bond acceptors (Lipinski definition) is 4. The van der Waals surface area contributed by atoms with Gasteiger partial charge in [0.15, 0.2) is 5.82 Å². The van der Waals surface area contributed by atoms with Crippen LogP contribution in [0.1, 0.15) is 6.92 Å². The monoisotopic (exact) mass is 219 g/mol. The molecule has 0 radical (unpaired) electrons. The Balaban J connectivity index is 2.31. The Kier molecular flexibility index (Phi) is 2.72. The lowest BCUT2D eigenvalue weighted by molar-refractivity contribution is 0.720. The number of nitrogens with one attached hydrogen (secondary N) is 1. The van der Waals surface area contributed by atoms with Crippen LogP contribution in [0.4, 0.5) is 11.5 Å². The second-order valence-electron chi connectivity index (χ2n) is 3.39. The third kappa shape index (κ3) is 1.95. The van der Waals surface area contributed by atoms with Crippen molar-refractivity contribution < 1.29 is 0 Å². The van der Waals surface area contributed by atoms with E-state index in [1.54, 1.807) is 34.0 Å². The van der Waals surface area contributed by atoms with E-state index in [9.17, 15) is 4.79 Å². The molecule has 0 fully saturated rings. The topological polar surface area (TPSA) is 64.7 Å². The maximum absolute atomic E-state index is 11.8. The summed E-state index contributed by atoms with van der Waals surface area (Å²) in [5.74, 6) is 0.317. The highest BCUT2D eigenvalue weighted by molar-refractivity contribution is 5.52. The van der Waals surface area contributed by atoms with Crippen LogP contribution in [0.3, 0.4) is 0 Å². The van der Waals surface area contributed by atoms with Crippen molar-refractivity contribution in [2.45, 2.75) is 13.5 Å². The van der Waals surface area contributed by atoms with E-state index in [1.165, 1.54) is 0 Å². The van der Waals surface area contributed by atoms with Crippen molar-refractivity contribution >= 4 is 11.5 Å². The van der Waals surface area contributed by atoms with E-state index in [2.05, 4.69) is 15.4 Å². The van der Waals surface area contributed by atoms with Gasteiger partial charge in [0.05, 0.1) is 11.9 Å². The van der Waals surface area contributed by atoms with Crippen LogP contribution in [-0.4, -0.2) is 19.3 Å². The summed E-state index contributed by atoms with van der Waals surface area (Å²) in [5.41, 5.74) is 0.620. The number of aryl methyl sites for hydroxylation is 2. The average molecular weight is 219 g/mol. The Morgan fingerprint density at radius 3 is 2.94 bits per heavy atom. The molecule has 16 heavy (non-hydrogen) atoms. The summed E-state index contributed by atoms with van der Waals surface area (Å²) >= 11 is 0. The molecule has 0 spiro atoms. The van der Waals surface area contributed by atoms with E-state index in [0.29, 0.717) is 12.4 Å². The molecular weight excluding hydrogens is 206 g/mol. The molecule has 84 valence electrons. The third-order valence-corrected chi connectivity index (χ3v) is 2.22. The van der Waals surface area contributed by atoms with E-state index in [-0.39, 0.29) is 5.56 Å². The predicted octanol–water partition coefficient (Wildman–Crippen LogP) is 0.740. The van der Waals surface area contributed by atoms with Gasteiger partial charge >= 0.3 is 0 Å². The molecule has 2 heterocycles. The van der Waals surface area contributed by atoms with E-state index in [0.717, 1.165) is 5.69 Å². The summed E-state index contributed by atoms with van der Waals surface area (Å²) in [5, 5.41) is 6.94. The van der Waals surface area contributed by atoms with Crippen LogP contribution in [0.15, 0.2) is 29.6 Å². The minimum atomic E-state index is -0.131. The predicted molar refractivity (Wildman–Crippen MR) is 60.7 cm³/mol. The first-order chi connectivity index (χ1) is 7.70. The van der Waals surface area contributed by atoms with Gasteiger partial charge in [0.1, 0.15) is 0 Å². The molecule has 0 aromatic carbocycles. The molecule has 6 nitrogen and oxygen atoms in total. The zero-order chi connectivity index (χ0) is 11.5. The quantitative estimate of drug-likeness (QED) is 0.827. The Morgan fingerprint density at radius 1 is 1.50 bits per heavy atom. The maximum Gasteiger partial charge on any atom is 0.293 e. The molecule has 0 aliphatic carbocycles. The number of anilines is 2. The van der Waals surface area contributed by atoms with Crippen LogP contribution < -0.4 is 10.9 Å². The number of aromatic nitrogens is 4. The lowest BCUT2D eigenvalue weighted by Gasteiger charge is -2.04. The molecule has 2 aromatic heterocycles. The summed E-state index contributed by atoms with van der Waals surface area (Å²) in [7, 11) is 1.81. The van der Waals surface area contributed by atoms with Gasteiger partial charge in [-0.2, -0.15) is 5.10 Å². The summed E-state index contributed by atoms with van der Waals surface area (Å²) in [6.07, 6.45) is 6.69. The fourth-order valence-corrected chi connectivity index (χ4v) is 1.40. The van der Waals surface area contributed by atoms with Crippen LogP contribution in [0.25, 0.3) is 0 Å². The van der Waals surface area contributed by atoms with Crippen molar-refractivity contribution in [3.8, 4) is 0 Å². The number of hydrogen-bond donors (Lipinski definition) is 1. The van der Waals surface area contributed by atoms with Gasteiger partial charge in [-0.3, -0.25) is 9.48 Å². The highest BCUT2D eigenvalue weighted by Gasteiger charge is 2.04. The van der Waals surface area contributed by atoms with Crippen molar-refractivity contribution in [3.05, 3.63) is 35.1 Å². The van der Waals surface area contributed by atoms with Gasteiger partial charge < -0.3 is 9.88 Å². The zero-order valence-corrected chi connectivity index (χ0v) is 9.21. The first-order valence-corrected chi connectivity index (χ1v) is 5.02. The second-order valence-corrected chi connectivity index (χ2v) is 3.39. The molecule has 0 atom stereocenters. The SMILES string of the molecule is CCn1ccnc(Nc2cnn(C)c2)c1=O. The summed E-state index contributed by atoms with van der Waals surface area (Å²) < 4.78 is 3.25. The van der Waals surface area contributed by atoms with E-state index in [1.807, 2.05) is 14.0 Å². The molecule has 1 N–H and O–H groups in total. The van der Waals surface area contributed by atoms with Crippen LogP contribution >= 0.6 is 0 Å². The van der Waals surface area contributed by atoms with Gasteiger partial charge in [0, 0.05) is 32.2 Å². The summed E-state index contributed by atoms with van der Waals surface area (Å²) in [6, 6.07) is 0. The Bertz CT molecular complexity index is 542. The molecule has 2 rings (SSSR count). The average Bonchev–Trinajstić information content (AvgIpc) is 2.67. The van der Waals surface area contributed by atoms with E-state index < -0.39 is 0 Å². The molecule has 0 unspecified atom stereocenters. The lowest BCUT2D eigenvalue weighted by atomic mass is 10.5. The fourth-order valence-electron chi connectivity index (χ4n) is 1.40. The maximum atomic E-state index is 11.8. The molecular formula is C10H13N5O. The highest BCUT2D eigenvalue weighted by Crippen LogP contribution is 2.08. The molecule has 0 aliphatic rings. The number of rotatable bonds is 3. The van der Waals surface area contributed by atoms with Gasteiger partial charge in [0.25, 0.3) is 5.56 Å². The lowest BCUT2D eigenvalue weighted by Crippen LogP contribution is -2.22. The largest absolute Gasteiger partial charge is 0.333 e. The molecule has 0 saturated heterocycles. The summed E-state index contributed by atoms with van der Waals surface area (Å²) in [4.78, 5) is 15.8. The van der Waals surface area contributed by atoms with Crippen LogP contribution in [-0.2, 0) is 13.6 Å². The molecule has 0 aliphatic heterocycles. The van der Waals surface area contributed by atoms with E-state index in [4.69, 9.17) is 0 Å². The van der Waals surface area contributed by atoms with Crippen LogP contribution in [0.5, 0.6) is 0 Å². The van der Waals surface area contributed by atoms with Crippen LogP contribution in [0.2, 0.25) is 0 Å². The van der Waals surface area contributed by atoms with Crippen molar-refractivity contribution in [1.82, 2.24) is 19.3 Å². The molecule has 2 aromatic rings. The third-order valence-electron chi connectivity index (χ3n) is 2.22. The standard InChI is InChI=1S/C10H13N5O/c1-3-15-5-4-11-9(10(15)16)13-8-6-12-14(2)7-8/h4-7H,3H2,1-2H3,(H,11,13). The van der Waals surface area contributed by atoms with Gasteiger partial charge in [0.2, 0.25) is 0 Å². The summed E-state index contributed by atoms with van der Waals surface area (Å²) in [6.45, 7) is 2.54. The molecule has 6 heteroatoms. The smallest absolute Gasteiger partial charge is 0.293 e. The zero-order valence-electron chi connectivity index (χ0n) is 9.21. The second kappa shape index (κ2) is 4.18. The molecule has 0 amide bonds. The Morgan fingerprint density at radius 2 is 2.31 bits per heavy atom. The van der Waals surface area contributed by atoms with Crippen molar-refractivity contribution in [3.63, 3.8) is 0 Å². The van der Waals surface area contributed by atoms with Gasteiger partial charge in [-0.1, -0.05) is 0 Å². The highest BCUT2D eigenvalue weighted by atomic mass is 16.1. The first-order valence-electron chi connectivity index (χ1n) is 5.02. The van der Waals surface area contributed by atoms with Gasteiger partial charge in [-0.05, 0) is 6.92 Å². The van der Waals surface area contributed by atoms with Crippen LogP contribution in [0, 0.1) is 0 Å². The Hall–Kier alpha value is -2.11.